The normalized spacial score (nSPS) is 10.4. The van der Waals surface area contributed by atoms with E-state index in [0.29, 0.717) is 13.0 Å². The molecule has 2 aromatic carbocycles. The lowest BCUT2D eigenvalue weighted by Crippen LogP contribution is -2.24. The van der Waals surface area contributed by atoms with E-state index in [1.165, 1.54) is 10.4 Å². The largest absolute Gasteiger partial charge is 0.349 e. The van der Waals surface area contributed by atoms with E-state index < -0.39 is 0 Å². The van der Waals surface area contributed by atoms with Crippen LogP contribution in [0.5, 0.6) is 0 Å². The summed E-state index contributed by atoms with van der Waals surface area (Å²) in [6.07, 6.45) is 3.19. The first-order valence-corrected chi connectivity index (χ1v) is 8.39. The third-order valence-electron chi connectivity index (χ3n) is 3.47. The molecule has 0 atom stereocenters. The highest BCUT2D eigenvalue weighted by Crippen LogP contribution is 2.17. The molecule has 3 aromatic rings. The Morgan fingerprint density at radius 3 is 2.30 bits per heavy atom. The van der Waals surface area contributed by atoms with Crippen molar-refractivity contribution >= 4 is 17.2 Å². The van der Waals surface area contributed by atoms with Gasteiger partial charge in [-0.15, -0.1) is 11.3 Å². The van der Waals surface area contributed by atoms with Crippen LogP contribution in [0.4, 0.5) is 0 Å². The maximum atomic E-state index is 11.9. The van der Waals surface area contributed by atoms with E-state index in [0.717, 1.165) is 17.0 Å². The van der Waals surface area contributed by atoms with E-state index >= 15 is 0 Å². The van der Waals surface area contributed by atoms with Crippen molar-refractivity contribution < 1.29 is 4.79 Å². The van der Waals surface area contributed by atoms with Crippen LogP contribution >= 0.6 is 11.3 Å². The van der Waals surface area contributed by atoms with Gasteiger partial charge in [0.2, 0.25) is 5.91 Å². The second-order valence-electron chi connectivity index (χ2n) is 5.32. The molecule has 1 aromatic heterocycles. The monoisotopic (exact) mass is 322 g/mol. The minimum absolute atomic E-state index is 0.0241. The molecule has 0 bridgehead atoms. The molecule has 0 saturated heterocycles. The van der Waals surface area contributed by atoms with Gasteiger partial charge in [0.15, 0.2) is 0 Å². The van der Waals surface area contributed by atoms with E-state index in [-0.39, 0.29) is 5.91 Å². The number of carbonyl (C=O) groups is 1. The van der Waals surface area contributed by atoms with Gasteiger partial charge in [-0.2, -0.15) is 0 Å². The lowest BCUT2D eigenvalue weighted by atomic mass is 10.1. The van der Waals surface area contributed by atoms with Gasteiger partial charge in [-0.25, -0.2) is 4.98 Å². The molecule has 1 amide bonds. The van der Waals surface area contributed by atoms with E-state index in [1.54, 1.807) is 11.3 Å². The fourth-order valence-electron chi connectivity index (χ4n) is 2.33. The van der Waals surface area contributed by atoms with Crippen LogP contribution in [-0.4, -0.2) is 10.9 Å². The Kier molecular flexibility index (Phi) is 5.17. The minimum atomic E-state index is 0.0241. The highest BCUT2D eigenvalue weighted by molar-refractivity contribution is 7.11. The molecule has 1 N–H and O–H groups in total. The van der Waals surface area contributed by atoms with Crippen molar-refractivity contribution in [2.24, 2.45) is 0 Å². The van der Waals surface area contributed by atoms with Crippen LogP contribution < -0.4 is 5.32 Å². The van der Waals surface area contributed by atoms with Crippen LogP contribution in [0.1, 0.15) is 21.0 Å². The summed E-state index contributed by atoms with van der Waals surface area (Å²) in [7, 11) is 0. The summed E-state index contributed by atoms with van der Waals surface area (Å²) in [6, 6.07) is 20.1. The Hall–Kier alpha value is -2.46. The van der Waals surface area contributed by atoms with Crippen LogP contribution in [0.15, 0.2) is 66.9 Å². The van der Waals surface area contributed by atoms with Crippen LogP contribution in [0.3, 0.4) is 0 Å². The third-order valence-corrected chi connectivity index (χ3v) is 4.46. The molecule has 116 valence electrons. The van der Waals surface area contributed by atoms with Gasteiger partial charge in [0, 0.05) is 17.5 Å². The number of carbonyl (C=O) groups excluding carboxylic acids is 1. The van der Waals surface area contributed by atoms with Gasteiger partial charge in [0.25, 0.3) is 0 Å². The molecule has 0 saturated carbocycles. The number of amides is 1. The Labute approximate surface area is 140 Å². The summed E-state index contributed by atoms with van der Waals surface area (Å²) < 4.78 is 0. The van der Waals surface area contributed by atoms with Crippen molar-refractivity contribution in [1.82, 2.24) is 10.3 Å². The van der Waals surface area contributed by atoms with Gasteiger partial charge in [-0.3, -0.25) is 4.79 Å². The van der Waals surface area contributed by atoms with Gasteiger partial charge < -0.3 is 5.32 Å². The van der Waals surface area contributed by atoms with Crippen molar-refractivity contribution in [2.45, 2.75) is 19.4 Å². The first kappa shape index (κ1) is 15.4. The smallest absolute Gasteiger partial charge is 0.224 e. The van der Waals surface area contributed by atoms with E-state index in [2.05, 4.69) is 22.4 Å². The molecule has 1 heterocycles. The maximum Gasteiger partial charge on any atom is 0.224 e. The zero-order chi connectivity index (χ0) is 15.9. The number of rotatable bonds is 6. The first-order valence-electron chi connectivity index (χ1n) is 7.58. The van der Waals surface area contributed by atoms with Gasteiger partial charge in [-0.1, -0.05) is 60.7 Å². The lowest BCUT2D eigenvalue weighted by molar-refractivity contribution is -0.120. The van der Waals surface area contributed by atoms with Crippen LogP contribution in [0.25, 0.3) is 0 Å². The van der Waals surface area contributed by atoms with Crippen molar-refractivity contribution in [3.63, 3.8) is 0 Å². The summed E-state index contributed by atoms with van der Waals surface area (Å²) in [5.41, 5.74) is 2.30. The number of thiazole rings is 1. The zero-order valence-electron chi connectivity index (χ0n) is 12.7. The Bertz CT molecular complexity index is 753. The summed E-state index contributed by atoms with van der Waals surface area (Å²) in [5.74, 6) is 0.0241. The summed E-state index contributed by atoms with van der Waals surface area (Å²) in [6.45, 7) is 0.491. The second-order valence-corrected chi connectivity index (χ2v) is 6.52. The van der Waals surface area contributed by atoms with Crippen molar-refractivity contribution in [3.8, 4) is 0 Å². The molecule has 0 radical (unpaired) electrons. The van der Waals surface area contributed by atoms with Crippen molar-refractivity contribution in [3.05, 3.63) is 87.9 Å². The predicted octanol–water partition coefficient (Wildman–Crippen LogP) is 3.59. The molecule has 3 nitrogen and oxygen atoms in total. The molecule has 3 rings (SSSR count). The lowest BCUT2D eigenvalue weighted by Gasteiger charge is -2.03. The highest BCUT2D eigenvalue weighted by atomic mass is 32.1. The molecule has 0 aliphatic heterocycles. The van der Waals surface area contributed by atoms with Crippen molar-refractivity contribution in [2.75, 3.05) is 0 Å². The van der Waals surface area contributed by atoms with E-state index in [1.807, 2.05) is 54.7 Å². The van der Waals surface area contributed by atoms with Crippen LogP contribution in [-0.2, 0) is 24.2 Å². The molecule has 0 unspecified atom stereocenters. The van der Waals surface area contributed by atoms with Crippen LogP contribution in [0, 0.1) is 0 Å². The fourth-order valence-corrected chi connectivity index (χ4v) is 3.22. The average molecular weight is 322 g/mol. The van der Waals surface area contributed by atoms with E-state index in [9.17, 15) is 4.79 Å². The standard InChI is InChI=1S/C19H18N2OS/c22-18(12-16-9-5-2-6-10-16)20-14-19-21-13-17(23-19)11-15-7-3-1-4-8-15/h1-10,13H,11-12,14H2,(H,20,22). The molecule has 0 aliphatic rings. The Balaban J connectivity index is 1.50. The molecule has 0 fully saturated rings. The first-order chi connectivity index (χ1) is 11.3. The SMILES string of the molecule is O=C(Cc1ccccc1)NCc1ncc(Cc2ccccc2)s1. The summed E-state index contributed by atoms with van der Waals surface area (Å²) in [4.78, 5) is 17.6. The number of hydrogen-bond acceptors (Lipinski definition) is 3. The van der Waals surface area contributed by atoms with Gasteiger partial charge in [0.05, 0.1) is 13.0 Å². The number of nitrogens with zero attached hydrogens (tertiary/aromatic N) is 1. The molecule has 0 aliphatic carbocycles. The summed E-state index contributed by atoms with van der Waals surface area (Å²) >= 11 is 1.65. The Morgan fingerprint density at radius 1 is 0.957 bits per heavy atom. The average Bonchev–Trinajstić information content (AvgIpc) is 3.02. The van der Waals surface area contributed by atoms with Gasteiger partial charge in [0.1, 0.15) is 5.01 Å². The topological polar surface area (TPSA) is 42.0 Å². The number of benzene rings is 2. The molecule has 23 heavy (non-hydrogen) atoms. The van der Waals surface area contributed by atoms with Gasteiger partial charge in [-0.05, 0) is 11.1 Å². The van der Waals surface area contributed by atoms with Crippen molar-refractivity contribution in [1.29, 1.82) is 0 Å². The zero-order valence-corrected chi connectivity index (χ0v) is 13.6. The van der Waals surface area contributed by atoms with Crippen LogP contribution in [0.2, 0.25) is 0 Å². The molecular formula is C19H18N2OS. The number of aromatic nitrogens is 1. The van der Waals surface area contributed by atoms with Gasteiger partial charge >= 0.3 is 0 Å². The maximum absolute atomic E-state index is 11.9. The number of nitrogens with one attached hydrogen (secondary N) is 1. The molecule has 4 heteroatoms. The molecular weight excluding hydrogens is 304 g/mol. The second kappa shape index (κ2) is 7.70. The third kappa shape index (κ3) is 4.76. The Morgan fingerprint density at radius 2 is 1.61 bits per heavy atom. The summed E-state index contributed by atoms with van der Waals surface area (Å²) in [5, 5.41) is 3.88. The highest BCUT2D eigenvalue weighted by Gasteiger charge is 2.06. The number of hydrogen-bond donors (Lipinski definition) is 1. The van der Waals surface area contributed by atoms with E-state index in [4.69, 9.17) is 0 Å². The fraction of sp³-hybridized carbons (Fsp3) is 0.158. The molecule has 0 spiro atoms. The predicted molar refractivity (Wildman–Crippen MR) is 93.4 cm³/mol. The minimum Gasteiger partial charge on any atom is -0.349 e. The quantitative estimate of drug-likeness (QED) is 0.753.